The van der Waals surface area contributed by atoms with Crippen LogP contribution >= 0.6 is 0 Å². The van der Waals surface area contributed by atoms with Gasteiger partial charge >= 0.3 is 0 Å². The van der Waals surface area contributed by atoms with E-state index >= 15 is 0 Å². The van der Waals surface area contributed by atoms with Gasteiger partial charge < -0.3 is 20.1 Å². The van der Waals surface area contributed by atoms with Gasteiger partial charge in [-0.25, -0.2) is 9.97 Å². The largest absolute Gasteiger partial charge is 0.496 e. The molecular weight excluding hydrogens is 392 g/mol. The van der Waals surface area contributed by atoms with Crippen molar-refractivity contribution in [3.8, 4) is 17.4 Å². The molecule has 162 valence electrons. The number of fused-ring (bicyclic) bond motifs is 2. The fraction of sp³-hybridized carbons (Fsp3) is 0.435. The van der Waals surface area contributed by atoms with Gasteiger partial charge in [-0.2, -0.15) is 4.98 Å². The third-order valence-corrected chi connectivity index (χ3v) is 6.48. The molecule has 2 fully saturated rings. The monoisotopic (exact) mass is 420 g/mol. The fourth-order valence-corrected chi connectivity index (χ4v) is 4.78. The van der Waals surface area contributed by atoms with E-state index in [0.717, 1.165) is 47.8 Å². The lowest BCUT2D eigenvalue weighted by Gasteiger charge is -2.38. The van der Waals surface area contributed by atoms with Crippen molar-refractivity contribution in [2.75, 3.05) is 43.9 Å². The summed E-state index contributed by atoms with van der Waals surface area (Å²) in [6, 6.07) is 6.51. The molecule has 2 aliphatic heterocycles. The molecular formula is C23H28N6O2. The van der Waals surface area contributed by atoms with Gasteiger partial charge in [0.1, 0.15) is 34.8 Å². The zero-order chi connectivity index (χ0) is 21.5. The summed E-state index contributed by atoms with van der Waals surface area (Å²) in [5, 5.41) is 0.632. The summed E-state index contributed by atoms with van der Waals surface area (Å²) in [6.07, 6.45) is 4.00. The molecule has 2 saturated heterocycles. The Hall–Kier alpha value is -3.13. The van der Waals surface area contributed by atoms with Crippen molar-refractivity contribution >= 4 is 22.5 Å². The second kappa shape index (κ2) is 7.85. The van der Waals surface area contributed by atoms with Crippen LogP contribution in [0.3, 0.4) is 0 Å². The molecule has 2 aliphatic rings. The number of nitrogens with two attached hydrogens (primary N) is 1. The number of piperazine rings is 1. The number of anilines is 2. The summed E-state index contributed by atoms with van der Waals surface area (Å²) < 4.78 is 11.9. The van der Waals surface area contributed by atoms with E-state index in [1.165, 1.54) is 25.7 Å². The highest BCUT2D eigenvalue weighted by Gasteiger charge is 2.31. The van der Waals surface area contributed by atoms with Crippen molar-refractivity contribution in [1.29, 1.82) is 0 Å². The second-order valence-corrected chi connectivity index (χ2v) is 8.36. The molecule has 0 spiro atoms. The SMILES string of the molecule is COc1ccc(C)c(Oc2nc(N3CCN4CCC[C@@H]4C3)cc3ncnc(N)c23)c1C. The number of ether oxygens (including phenoxy) is 2. The zero-order valence-corrected chi connectivity index (χ0v) is 18.3. The number of benzene rings is 1. The van der Waals surface area contributed by atoms with Crippen LogP contribution in [0.15, 0.2) is 24.5 Å². The maximum atomic E-state index is 6.41. The molecule has 0 bridgehead atoms. The van der Waals surface area contributed by atoms with Gasteiger partial charge in [0.15, 0.2) is 0 Å². The van der Waals surface area contributed by atoms with Gasteiger partial charge in [-0.15, -0.1) is 0 Å². The van der Waals surface area contributed by atoms with Crippen molar-refractivity contribution in [2.24, 2.45) is 0 Å². The number of aromatic nitrogens is 3. The third kappa shape index (κ3) is 3.50. The van der Waals surface area contributed by atoms with Crippen LogP contribution in [0, 0.1) is 13.8 Å². The van der Waals surface area contributed by atoms with Crippen molar-refractivity contribution < 1.29 is 9.47 Å². The van der Waals surface area contributed by atoms with E-state index in [9.17, 15) is 0 Å². The molecule has 2 N–H and O–H groups in total. The predicted molar refractivity (Wildman–Crippen MR) is 121 cm³/mol. The number of hydrogen-bond acceptors (Lipinski definition) is 8. The van der Waals surface area contributed by atoms with E-state index in [1.54, 1.807) is 7.11 Å². The number of pyridine rings is 1. The first-order valence-corrected chi connectivity index (χ1v) is 10.8. The summed E-state index contributed by atoms with van der Waals surface area (Å²) >= 11 is 0. The van der Waals surface area contributed by atoms with Crippen LogP contribution in [-0.4, -0.2) is 59.2 Å². The zero-order valence-electron chi connectivity index (χ0n) is 18.3. The highest BCUT2D eigenvalue weighted by molar-refractivity contribution is 5.94. The first-order valence-electron chi connectivity index (χ1n) is 10.8. The van der Waals surface area contributed by atoms with Crippen LogP contribution in [0.2, 0.25) is 0 Å². The van der Waals surface area contributed by atoms with Gasteiger partial charge in [0.05, 0.1) is 12.6 Å². The molecule has 0 unspecified atom stereocenters. The van der Waals surface area contributed by atoms with E-state index < -0.39 is 0 Å². The minimum atomic E-state index is 0.359. The van der Waals surface area contributed by atoms with Gasteiger partial charge in [-0.05, 0) is 44.9 Å². The summed E-state index contributed by atoms with van der Waals surface area (Å²) in [4.78, 5) is 18.5. The molecule has 2 aromatic heterocycles. The number of hydrogen-bond donors (Lipinski definition) is 1. The lowest BCUT2D eigenvalue weighted by Crippen LogP contribution is -2.50. The highest BCUT2D eigenvalue weighted by atomic mass is 16.5. The van der Waals surface area contributed by atoms with Gasteiger partial charge in [0.25, 0.3) is 0 Å². The molecule has 0 radical (unpaired) electrons. The fourth-order valence-electron chi connectivity index (χ4n) is 4.78. The highest BCUT2D eigenvalue weighted by Crippen LogP contribution is 2.38. The second-order valence-electron chi connectivity index (χ2n) is 8.36. The van der Waals surface area contributed by atoms with Crippen molar-refractivity contribution in [2.45, 2.75) is 32.7 Å². The molecule has 1 atom stereocenters. The Balaban J connectivity index is 1.59. The number of rotatable bonds is 4. The Labute approximate surface area is 182 Å². The maximum absolute atomic E-state index is 6.41. The Bertz CT molecular complexity index is 1130. The minimum absolute atomic E-state index is 0.359. The third-order valence-electron chi connectivity index (χ3n) is 6.48. The smallest absolute Gasteiger partial charge is 0.234 e. The maximum Gasteiger partial charge on any atom is 0.234 e. The van der Waals surface area contributed by atoms with E-state index in [4.69, 9.17) is 20.2 Å². The van der Waals surface area contributed by atoms with E-state index in [-0.39, 0.29) is 0 Å². The lowest BCUT2D eigenvalue weighted by molar-refractivity contribution is 0.230. The number of nitrogen functional groups attached to an aromatic ring is 1. The van der Waals surface area contributed by atoms with Crippen LogP contribution in [-0.2, 0) is 0 Å². The normalized spacial score (nSPS) is 18.9. The Kier molecular flexibility index (Phi) is 5.02. The molecule has 4 heterocycles. The first-order chi connectivity index (χ1) is 15.0. The first kappa shape index (κ1) is 19.8. The van der Waals surface area contributed by atoms with Crippen LogP contribution in [0.1, 0.15) is 24.0 Å². The van der Waals surface area contributed by atoms with Gasteiger partial charge in [0, 0.05) is 37.3 Å². The van der Waals surface area contributed by atoms with Crippen LogP contribution < -0.4 is 20.1 Å². The minimum Gasteiger partial charge on any atom is -0.496 e. The number of aryl methyl sites for hydroxylation is 1. The molecule has 0 saturated carbocycles. The topological polar surface area (TPSA) is 89.6 Å². The molecule has 1 aromatic carbocycles. The molecule has 3 aromatic rings. The number of methoxy groups -OCH3 is 1. The van der Waals surface area contributed by atoms with E-state index in [2.05, 4.69) is 19.8 Å². The Morgan fingerprint density at radius 1 is 1.13 bits per heavy atom. The van der Waals surface area contributed by atoms with Gasteiger partial charge in [-0.3, -0.25) is 4.90 Å². The average Bonchev–Trinajstić information content (AvgIpc) is 3.24. The van der Waals surface area contributed by atoms with Crippen molar-refractivity contribution in [3.63, 3.8) is 0 Å². The summed E-state index contributed by atoms with van der Waals surface area (Å²) in [5.41, 5.74) is 8.87. The predicted octanol–water partition coefficient (Wildman–Crippen LogP) is 3.31. The van der Waals surface area contributed by atoms with Crippen LogP contribution in [0.25, 0.3) is 10.9 Å². The van der Waals surface area contributed by atoms with Crippen LogP contribution in [0.4, 0.5) is 11.6 Å². The quantitative estimate of drug-likeness (QED) is 0.688. The van der Waals surface area contributed by atoms with Crippen molar-refractivity contribution in [1.82, 2.24) is 19.9 Å². The standard InChI is InChI=1S/C23H28N6O2/c1-14-6-7-18(30-3)15(2)21(14)31-23-20-17(25-13-26-22(20)24)11-19(27-23)29-10-9-28-8-4-5-16(28)12-29/h6-7,11,13,16H,4-5,8-10,12H2,1-3H3,(H2,24,25,26)/t16-/m1/s1. The molecule has 8 nitrogen and oxygen atoms in total. The van der Waals surface area contributed by atoms with Gasteiger partial charge in [-0.1, -0.05) is 6.07 Å². The van der Waals surface area contributed by atoms with Crippen LogP contribution in [0.5, 0.6) is 17.4 Å². The Morgan fingerprint density at radius 3 is 2.84 bits per heavy atom. The molecule has 31 heavy (non-hydrogen) atoms. The molecule has 5 rings (SSSR count). The summed E-state index contributed by atoms with van der Waals surface area (Å²) in [6.45, 7) is 8.15. The lowest BCUT2D eigenvalue weighted by atomic mass is 10.1. The number of nitrogens with zero attached hydrogens (tertiary/aromatic N) is 5. The summed E-state index contributed by atoms with van der Waals surface area (Å²) in [7, 11) is 1.66. The average molecular weight is 421 g/mol. The van der Waals surface area contributed by atoms with Crippen molar-refractivity contribution in [3.05, 3.63) is 35.7 Å². The molecule has 8 heteroatoms. The van der Waals surface area contributed by atoms with E-state index in [0.29, 0.717) is 28.9 Å². The van der Waals surface area contributed by atoms with Gasteiger partial charge in [0.2, 0.25) is 5.88 Å². The molecule has 0 aliphatic carbocycles. The van der Waals surface area contributed by atoms with E-state index in [1.807, 2.05) is 32.0 Å². The summed E-state index contributed by atoms with van der Waals surface area (Å²) in [5.74, 6) is 3.14. The Morgan fingerprint density at radius 2 is 2.00 bits per heavy atom. The molecule has 0 amide bonds.